The maximum absolute atomic E-state index is 12.0. The third kappa shape index (κ3) is 10.1. The molecule has 0 unspecified atom stereocenters. The van der Waals surface area contributed by atoms with Crippen molar-refractivity contribution in [3.63, 3.8) is 0 Å². The minimum Gasteiger partial charge on any atom is -0.310 e. The highest BCUT2D eigenvalue weighted by atomic mass is 32.1. The second-order valence-corrected chi connectivity index (χ2v) is 34.2. The lowest BCUT2D eigenvalue weighted by molar-refractivity contribution is 0.590. The van der Waals surface area contributed by atoms with Gasteiger partial charge in [-0.3, -0.25) is 0 Å². The number of aromatic nitrogens is 2. The predicted octanol–water partition coefficient (Wildman–Crippen LogP) is 27.3. The zero-order valence-corrected chi connectivity index (χ0v) is 63.3. The minimum atomic E-state index is -1.41. The molecule has 522 valence electrons. The van der Waals surface area contributed by atoms with Gasteiger partial charge in [0, 0.05) is 118 Å². The first kappa shape index (κ1) is 52.1. The molecule has 6 heterocycles. The highest BCUT2D eigenvalue weighted by Gasteiger charge is 2.47. The van der Waals surface area contributed by atoms with Crippen LogP contribution in [0.1, 0.15) is 98.2 Å². The number of fused-ring (bicyclic) bond motifs is 18. The van der Waals surface area contributed by atoms with Gasteiger partial charge in [0.2, 0.25) is 0 Å². The number of thiophene rings is 2. The fourth-order valence-electron chi connectivity index (χ4n) is 17.1. The van der Waals surface area contributed by atoms with Crippen LogP contribution in [-0.4, -0.2) is 15.8 Å². The highest BCUT2D eigenvalue weighted by Crippen LogP contribution is 2.57. The standard InChI is InChI=1S/C102H79BN4S2/c1-100(2,3)66-54-75(62-30-14-10-15-31-62)98(76(55-66)63-32-16-11-17-33-63)106-85-60-69(104-81-42-26-22-38-71(81)93-83(104)50-52-91-95(93)73-40-24-28-44-89(73)108-91)46-48-79(85)103-80-49-47-70(105-82-43-27-23-39-72(82)94-84(105)51-53-92-96(94)74-41-25-29-45-90(74)109-92)61-86(80)107(88-59-68(102(7,8)9)58-87(106)97(88)103)99-77(64-34-18-12-19-35-64)56-67(101(4,5)6)57-78(99)65-36-20-13-21-37-65/h10-61H,1-9H3/i22D,23D,26D,27D,38D,39D,42D,43D,46D,47D,48D,49D,60D,61D. The van der Waals surface area contributed by atoms with Gasteiger partial charge in [0.1, 0.15) is 0 Å². The van der Waals surface area contributed by atoms with Crippen molar-refractivity contribution in [1.82, 2.24) is 9.13 Å². The molecular formula is C102H79BN4S2. The summed E-state index contributed by atoms with van der Waals surface area (Å²) in [7, 11) is 0. The molecule has 4 nitrogen and oxygen atoms in total. The van der Waals surface area contributed by atoms with Crippen LogP contribution >= 0.6 is 22.7 Å². The van der Waals surface area contributed by atoms with Crippen molar-refractivity contribution in [3.05, 3.63) is 332 Å². The molecule has 0 amide bonds. The van der Waals surface area contributed by atoms with E-state index in [1.54, 1.807) is 31.8 Å². The molecule has 0 bridgehead atoms. The molecule has 0 saturated heterocycles. The Bertz CT molecular complexity index is 7300. The lowest BCUT2D eigenvalue weighted by atomic mass is 9.33. The fraction of sp³-hybridized carbons (Fsp3) is 0.118. The molecule has 19 aromatic rings. The van der Waals surface area contributed by atoms with E-state index in [0.29, 0.717) is 50.0 Å². The number of anilines is 6. The van der Waals surface area contributed by atoms with E-state index in [1.165, 1.54) is 0 Å². The second-order valence-electron chi connectivity index (χ2n) is 32.0. The van der Waals surface area contributed by atoms with Gasteiger partial charge >= 0.3 is 0 Å². The first-order chi connectivity index (χ1) is 58.8. The van der Waals surface area contributed by atoms with Crippen molar-refractivity contribution in [2.45, 2.75) is 78.6 Å². The van der Waals surface area contributed by atoms with Crippen LogP contribution in [0.25, 0.3) is 140 Å². The van der Waals surface area contributed by atoms with E-state index in [2.05, 4.69) is 157 Å². The molecule has 0 aliphatic carbocycles. The van der Waals surface area contributed by atoms with Gasteiger partial charge in [0.05, 0.1) is 52.6 Å². The average Bonchev–Trinajstić information content (AvgIpc) is 1.41. The fourth-order valence-corrected chi connectivity index (χ4v) is 19.3. The molecule has 7 heteroatoms. The van der Waals surface area contributed by atoms with E-state index in [9.17, 15) is 19.2 Å². The van der Waals surface area contributed by atoms with E-state index in [1.807, 2.05) is 146 Å². The Balaban J connectivity index is 1.01. The van der Waals surface area contributed by atoms with Crippen molar-refractivity contribution < 1.29 is 19.2 Å². The smallest absolute Gasteiger partial charge is 0.252 e. The van der Waals surface area contributed by atoms with Crippen LogP contribution in [0.4, 0.5) is 34.1 Å². The Kier molecular flexibility index (Phi) is 11.6. The maximum atomic E-state index is 12.0. The van der Waals surface area contributed by atoms with Crippen LogP contribution in [0.3, 0.4) is 0 Å². The third-order valence-corrected chi connectivity index (χ3v) is 24.7. The third-order valence-electron chi connectivity index (χ3n) is 22.4. The molecule has 2 aliphatic rings. The lowest BCUT2D eigenvalue weighted by Gasteiger charge is -2.47. The first-order valence-corrected chi connectivity index (χ1v) is 38.8. The van der Waals surface area contributed by atoms with Crippen LogP contribution in [0.5, 0.6) is 0 Å². The Hall–Kier alpha value is -12.0. The summed E-state index contributed by atoms with van der Waals surface area (Å²) in [5, 5.41) is 4.50. The van der Waals surface area contributed by atoms with Crippen LogP contribution in [0, 0.1) is 0 Å². The summed E-state index contributed by atoms with van der Waals surface area (Å²) in [5.41, 5.74) is 10.9. The SMILES string of the molecule is [2H]c1c([2H])c(-n2c3ccc4sc5ccccc5c4c3c3c([2H])c([2H])c([2H])c([2H])c32)c([2H])c2c1B1c3c(cc(C(C)(C)C)cc3N(c3c(-c4ccccc4)cc(C(C)(C)C)cc3-c3ccccc3)c3c([2H])c(-n4c5ccc6sc7ccccc7c6c5c5c([2H])c([2H])c([2H])c([2H])c54)c([2H])c([2H])c31)N2c1c(-c2ccccc2)cc(C(C)(C)C)cc1-c1ccccc1. The Morgan fingerprint density at radius 3 is 1.01 bits per heavy atom. The number of benzene rings is 15. The number of nitrogens with zero attached hydrogens (tertiary/aromatic N) is 4. The molecule has 4 aromatic heterocycles. The predicted molar refractivity (Wildman–Crippen MR) is 473 cm³/mol. The Labute approximate surface area is 664 Å². The van der Waals surface area contributed by atoms with Gasteiger partial charge < -0.3 is 18.9 Å². The van der Waals surface area contributed by atoms with Crippen molar-refractivity contribution in [1.29, 1.82) is 0 Å². The van der Waals surface area contributed by atoms with E-state index in [-0.39, 0.29) is 79.7 Å². The van der Waals surface area contributed by atoms with Gasteiger partial charge in [0.25, 0.3) is 6.71 Å². The normalized spacial score (nSPS) is 14.9. The van der Waals surface area contributed by atoms with Gasteiger partial charge in [-0.25, -0.2) is 0 Å². The molecule has 0 saturated carbocycles. The largest absolute Gasteiger partial charge is 0.310 e. The van der Waals surface area contributed by atoms with E-state index < -0.39 is 83.4 Å². The summed E-state index contributed by atoms with van der Waals surface area (Å²) in [6, 6.07) is 71.4. The number of hydrogen-bond acceptors (Lipinski definition) is 4. The second kappa shape index (κ2) is 24.3. The summed E-state index contributed by atoms with van der Waals surface area (Å²) in [6.07, 6.45) is 0. The summed E-state index contributed by atoms with van der Waals surface area (Å²) in [6.45, 7) is 18.1. The molecule has 21 rings (SSSR count). The van der Waals surface area contributed by atoms with Gasteiger partial charge in [-0.1, -0.05) is 268 Å². The molecule has 0 spiro atoms. The van der Waals surface area contributed by atoms with Crippen molar-refractivity contribution in [3.8, 4) is 55.9 Å². The van der Waals surface area contributed by atoms with Gasteiger partial charge in [-0.2, -0.15) is 0 Å². The summed E-state index contributed by atoms with van der Waals surface area (Å²) in [5.74, 6) is 0. The van der Waals surface area contributed by atoms with E-state index >= 15 is 0 Å². The number of rotatable bonds is 8. The summed E-state index contributed by atoms with van der Waals surface area (Å²) >= 11 is 3.10. The zero-order valence-electron chi connectivity index (χ0n) is 75.6. The molecule has 0 N–H and O–H groups in total. The number of hydrogen-bond donors (Lipinski definition) is 0. The Morgan fingerprint density at radius 2 is 0.642 bits per heavy atom. The molecule has 0 radical (unpaired) electrons. The number of para-hydroxylation sites is 2. The van der Waals surface area contributed by atoms with Crippen LogP contribution < -0.4 is 26.2 Å². The molecule has 109 heavy (non-hydrogen) atoms. The van der Waals surface area contributed by atoms with E-state index in [0.717, 1.165) is 102 Å². The first-order valence-electron chi connectivity index (χ1n) is 44.2. The van der Waals surface area contributed by atoms with Gasteiger partial charge in [0.15, 0.2) is 0 Å². The highest BCUT2D eigenvalue weighted by molar-refractivity contribution is 7.26. The average molecular weight is 1450 g/mol. The molecule has 2 aliphatic heterocycles. The maximum Gasteiger partial charge on any atom is 0.252 e. The van der Waals surface area contributed by atoms with Gasteiger partial charge in [-0.05, 0) is 181 Å². The van der Waals surface area contributed by atoms with E-state index in [4.69, 9.17) is 0 Å². The molecule has 0 fully saturated rings. The molecule has 0 atom stereocenters. The van der Waals surface area contributed by atoms with Crippen LogP contribution in [-0.2, 0) is 16.2 Å². The van der Waals surface area contributed by atoms with Crippen molar-refractivity contribution >= 4 is 164 Å². The zero-order chi connectivity index (χ0) is 85.7. The molecule has 15 aromatic carbocycles. The van der Waals surface area contributed by atoms with Crippen molar-refractivity contribution in [2.75, 3.05) is 9.80 Å². The Morgan fingerprint density at radius 1 is 0.303 bits per heavy atom. The van der Waals surface area contributed by atoms with Crippen LogP contribution in [0.15, 0.2) is 315 Å². The summed E-state index contributed by atoms with van der Waals surface area (Å²) in [4.78, 5) is 4.22. The lowest BCUT2D eigenvalue weighted by Crippen LogP contribution is -2.61. The topological polar surface area (TPSA) is 16.3 Å². The van der Waals surface area contributed by atoms with Gasteiger partial charge in [-0.15, -0.1) is 22.7 Å². The van der Waals surface area contributed by atoms with Crippen LogP contribution in [0.2, 0.25) is 0 Å². The van der Waals surface area contributed by atoms with Crippen molar-refractivity contribution in [2.24, 2.45) is 0 Å². The molecular weight excluding hydrogens is 1360 g/mol. The summed E-state index contributed by atoms with van der Waals surface area (Å²) < 4.78 is 155. The minimum absolute atomic E-state index is 0.00533. The quantitative estimate of drug-likeness (QED) is 0.141. The monoisotopic (exact) mass is 1450 g/mol.